The minimum Gasteiger partial charge on any atom is -0.756 e. The van der Waals surface area contributed by atoms with Crippen LogP contribution in [0.2, 0.25) is 0 Å². The molecule has 0 saturated carbocycles. The van der Waals surface area contributed by atoms with Gasteiger partial charge < -0.3 is 28.5 Å². The Bertz CT molecular complexity index is 1410. The number of nitrogens with one attached hydrogen (secondary N) is 1. The van der Waals surface area contributed by atoms with E-state index < -0.39 is 20.0 Å². The molecular formula is C64H121N2O7P. The monoisotopic (exact) mass is 1060 g/mol. The molecule has 0 fully saturated rings. The molecule has 0 aliphatic carbocycles. The molecular weight excluding hydrogens is 940 g/mol. The number of quaternary nitrogens is 1. The zero-order valence-corrected chi connectivity index (χ0v) is 50.4. The minimum atomic E-state index is -4.69. The second-order valence-electron chi connectivity index (χ2n) is 22.6. The number of rotatable bonds is 57. The van der Waals surface area contributed by atoms with E-state index in [0.717, 1.165) is 77.0 Å². The normalized spacial score (nSPS) is 14.0. The average Bonchev–Trinajstić information content (AvgIpc) is 3.36. The molecule has 0 aromatic heterocycles. The van der Waals surface area contributed by atoms with E-state index in [4.69, 9.17) is 13.8 Å². The lowest BCUT2D eigenvalue weighted by Crippen LogP contribution is -2.47. The van der Waals surface area contributed by atoms with Gasteiger partial charge in [0.15, 0.2) is 0 Å². The molecule has 0 aromatic rings. The Labute approximate surface area is 458 Å². The number of ether oxygens (including phenoxy) is 1. The van der Waals surface area contributed by atoms with Gasteiger partial charge >= 0.3 is 5.97 Å². The third-order valence-corrected chi connectivity index (χ3v) is 15.0. The number of hydrogen-bond donors (Lipinski definition) is 1. The van der Waals surface area contributed by atoms with E-state index in [0.29, 0.717) is 17.4 Å². The number of esters is 1. The summed E-state index contributed by atoms with van der Waals surface area (Å²) in [6.07, 6.45) is 66.4. The maximum Gasteiger partial charge on any atom is 0.306 e. The number of likely N-dealkylation sites (N-methyl/N-ethyl adjacent to an activating group) is 1. The fourth-order valence-electron chi connectivity index (χ4n) is 9.12. The molecule has 1 amide bonds. The van der Waals surface area contributed by atoms with Crippen LogP contribution in [0.1, 0.15) is 297 Å². The molecule has 0 aromatic carbocycles. The van der Waals surface area contributed by atoms with Crippen LogP contribution in [0.15, 0.2) is 48.6 Å². The molecule has 10 heteroatoms. The lowest BCUT2D eigenvalue weighted by Gasteiger charge is -2.30. The topological polar surface area (TPSA) is 114 Å². The Morgan fingerprint density at radius 1 is 0.473 bits per heavy atom. The van der Waals surface area contributed by atoms with Crippen molar-refractivity contribution in [1.82, 2.24) is 5.32 Å². The first kappa shape index (κ1) is 72.0. The number of unbranched alkanes of at least 4 members (excludes halogenated alkanes) is 35. The highest BCUT2D eigenvalue weighted by Crippen LogP contribution is 2.38. The summed E-state index contributed by atoms with van der Waals surface area (Å²) >= 11 is 0. The lowest BCUT2D eigenvalue weighted by molar-refractivity contribution is -0.870. The van der Waals surface area contributed by atoms with Crippen molar-refractivity contribution >= 4 is 19.7 Å². The first-order chi connectivity index (χ1) is 35.9. The van der Waals surface area contributed by atoms with Crippen LogP contribution in [-0.2, 0) is 27.9 Å². The van der Waals surface area contributed by atoms with Crippen LogP contribution in [0.5, 0.6) is 0 Å². The first-order valence-electron chi connectivity index (χ1n) is 31.4. The van der Waals surface area contributed by atoms with Crippen LogP contribution in [0, 0.1) is 0 Å². The van der Waals surface area contributed by atoms with E-state index in [1.807, 2.05) is 33.3 Å². The Morgan fingerprint density at radius 3 is 1.26 bits per heavy atom. The van der Waals surface area contributed by atoms with Crippen molar-refractivity contribution in [3.05, 3.63) is 48.6 Å². The van der Waals surface area contributed by atoms with Crippen LogP contribution in [0.4, 0.5) is 0 Å². The molecule has 0 bridgehead atoms. The second kappa shape index (κ2) is 54.3. The molecule has 0 aliphatic rings. The Balaban J connectivity index is 5.13. The zero-order chi connectivity index (χ0) is 54.3. The van der Waals surface area contributed by atoms with E-state index in [1.165, 1.54) is 186 Å². The van der Waals surface area contributed by atoms with Crippen molar-refractivity contribution in [3.63, 3.8) is 0 Å². The number of nitrogens with zero attached hydrogens (tertiary/aromatic N) is 1. The maximum absolute atomic E-state index is 13.5. The quantitative estimate of drug-likeness (QED) is 0.0212. The van der Waals surface area contributed by atoms with Gasteiger partial charge in [-0.25, -0.2) is 0 Å². The molecule has 0 spiro atoms. The van der Waals surface area contributed by atoms with Crippen LogP contribution in [0.3, 0.4) is 0 Å². The highest BCUT2D eigenvalue weighted by Gasteiger charge is 2.27. The summed E-state index contributed by atoms with van der Waals surface area (Å²) in [6, 6.07) is -0.887. The molecule has 0 heterocycles. The van der Waals surface area contributed by atoms with Crippen molar-refractivity contribution < 1.29 is 37.3 Å². The molecule has 0 radical (unpaired) electrons. The van der Waals surface area contributed by atoms with Gasteiger partial charge in [-0.2, -0.15) is 0 Å². The van der Waals surface area contributed by atoms with Gasteiger partial charge in [0.2, 0.25) is 5.91 Å². The highest BCUT2D eigenvalue weighted by molar-refractivity contribution is 7.45. The summed E-state index contributed by atoms with van der Waals surface area (Å²) < 4.78 is 30.3. The van der Waals surface area contributed by atoms with Gasteiger partial charge in [0, 0.05) is 12.8 Å². The number of phosphoric acid groups is 1. The molecule has 9 nitrogen and oxygen atoms in total. The van der Waals surface area contributed by atoms with Crippen LogP contribution < -0.4 is 10.2 Å². The first-order valence-corrected chi connectivity index (χ1v) is 32.9. The Hall–Kier alpha value is -2.03. The fraction of sp³-hybridized carbons (Fsp3) is 0.844. The van der Waals surface area contributed by atoms with Gasteiger partial charge in [-0.15, -0.1) is 0 Å². The van der Waals surface area contributed by atoms with Crippen molar-refractivity contribution in [1.29, 1.82) is 0 Å². The lowest BCUT2D eigenvalue weighted by atomic mass is 10.0. The van der Waals surface area contributed by atoms with E-state index >= 15 is 0 Å². The number of carbonyl (C=O) groups is 2. The Kier molecular flexibility index (Phi) is 52.8. The van der Waals surface area contributed by atoms with E-state index in [9.17, 15) is 19.0 Å². The molecule has 1 N–H and O–H groups in total. The minimum absolute atomic E-state index is 0.0219. The van der Waals surface area contributed by atoms with Crippen molar-refractivity contribution in [2.75, 3.05) is 40.9 Å². The van der Waals surface area contributed by atoms with Crippen LogP contribution in [-0.4, -0.2) is 69.4 Å². The Morgan fingerprint density at radius 2 is 0.824 bits per heavy atom. The maximum atomic E-state index is 13.5. The SMILES string of the molecule is CCCCC/C=C\C/C=C\C/C=C\CCCCCCCCCCCCC(=O)NC(COP(=O)([O-])OCC[N+](C)(C)C)C(/C=C\CCCCCCCCCCC)OC(=O)CCCCCCCCCCCCCCCC. The van der Waals surface area contributed by atoms with Gasteiger partial charge in [0.25, 0.3) is 7.82 Å². The summed E-state index contributed by atoms with van der Waals surface area (Å²) in [7, 11) is 1.19. The van der Waals surface area contributed by atoms with E-state index in [2.05, 4.69) is 62.5 Å². The molecule has 0 aliphatic heterocycles. The van der Waals surface area contributed by atoms with Crippen molar-refractivity contribution in [2.45, 2.75) is 309 Å². The average molecular weight is 1060 g/mol. The number of carbonyl (C=O) groups excluding carboxylic acids is 2. The second-order valence-corrected chi connectivity index (χ2v) is 24.0. The van der Waals surface area contributed by atoms with Gasteiger partial charge in [0.1, 0.15) is 19.3 Å². The largest absolute Gasteiger partial charge is 0.756 e. The molecule has 0 rings (SSSR count). The number of hydrogen-bond acceptors (Lipinski definition) is 7. The van der Waals surface area contributed by atoms with Gasteiger partial charge in [-0.1, -0.05) is 262 Å². The smallest absolute Gasteiger partial charge is 0.306 e. The third-order valence-electron chi connectivity index (χ3n) is 14.0. The third kappa shape index (κ3) is 54.7. The summed E-state index contributed by atoms with van der Waals surface area (Å²) in [5.74, 6) is -0.536. The predicted octanol–water partition coefficient (Wildman–Crippen LogP) is 18.6. The van der Waals surface area contributed by atoms with Gasteiger partial charge in [0.05, 0.1) is 33.8 Å². The van der Waals surface area contributed by atoms with Crippen LogP contribution >= 0.6 is 7.82 Å². The summed E-state index contributed by atoms with van der Waals surface area (Å²) in [5, 5.41) is 3.03. The summed E-state index contributed by atoms with van der Waals surface area (Å²) in [6.45, 7) is 6.83. The number of allylic oxidation sites excluding steroid dienone is 7. The van der Waals surface area contributed by atoms with E-state index in [1.54, 1.807) is 0 Å². The molecule has 74 heavy (non-hydrogen) atoms. The molecule has 434 valence electrons. The van der Waals surface area contributed by atoms with Gasteiger partial charge in [-0.05, 0) is 70.3 Å². The predicted molar refractivity (Wildman–Crippen MR) is 316 cm³/mol. The van der Waals surface area contributed by atoms with E-state index in [-0.39, 0.29) is 31.5 Å². The molecule has 3 atom stereocenters. The highest BCUT2D eigenvalue weighted by atomic mass is 31.2. The zero-order valence-electron chi connectivity index (χ0n) is 49.6. The van der Waals surface area contributed by atoms with Crippen LogP contribution in [0.25, 0.3) is 0 Å². The van der Waals surface area contributed by atoms with Crippen molar-refractivity contribution in [3.8, 4) is 0 Å². The van der Waals surface area contributed by atoms with Crippen molar-refractivity contribution in [2.24, 2.45) is 0 Å². The molecule has 0 saturated heterocycles. The van der Waals surface area contributed by atoms with Gasteiger partial charge in [-0.3, -0.25) is 14.2 Å². The molecule has 3 unspecified atom stereocenters. The summed E-state index contributed by atoms with van der Waals surface area (Å²) in [5.41, 5.74) is 0. The standard InChI is InChI=1S/C64H121N2O7P/c1-7-10-13-16-19-22-25-27-29-30-31-32-33-34-35-36-37-38-41-44-47-50-53-56-63(67)65-61(60-72-74(69,70)71-59-58-66(4,5)6)62(55-52-49-46-43-40-24-21-18-15-12-9-3)73-64(68)57-54-51-48-45-42-39-28-26-23-20-17-14-11-8-2/h19,22,27,29,31-32,52,55,61-62H,7-18,20-21,23-26,28,30,33-51,53-54,56-60H2,1-6H3,(H-,65,67,69,70)/b22-19-,29-27-,32-31-,55-52-. The number of phosphoric ester groups is 1. The number of amides is 1. The fourth-order valence-corrected chi connectivity index (χ4v) is 9.84. The summed E-state index contributed by atoms with van der Waals surface area (Å²) in [4.78, 5) is 39.9.